The lowest BCUT2D eigenvalue weighted by atomic mass is 10.2. The highest BCUT2D eigenvalue weighted by Gasteiger charge is 2.15. The lowest BCUT2D eigenvalue weighted by molar-refractivity contribution is -0.116. The lowest BCUT2D eigenvalue weighted by Gasteiger charge is -2.21. The van der Waals surface area contributed by atoms with E-state index in [2.05, 4.69) is 0 Å². The number of nitrogens with zero attached hydrogens (tertiary/aromatic N) is 1. The van der Waals surface area contributed by atoms with Gasteiger partial charge in [-0.1, -0.05) is 0 Å². The van der Waals surface area contributed by atoms with E-state index in [-0.39, 0.29) is 11.6 Å². The van der Waals surface area contributed by atoms with Crippen LogP contribution in [0, 0.1) is 11.6 Å². The summed E-state index contributed by atoms with van der Waals surface area (Å²) in [7, 11) is 0. The molecule has 5 heteroatoms. The Bertz CT molecular complexity index is 382. The fourth-order valence-electron chi connectivity index (χ4n) is 1.40. The molecule has 3 nitrogen and oxygen atoms in total. The minimum Gasteiger partial charge on any atom is -0.330 e. The van der Waals surface area contributed by atoms with E-state index in [4.69, 9.17) is 5.73 Å². The predicted octanol–water partition coefficient (Wildman–Crippen LogP) is 1.67. The van der Waals surface area contributed by atoms with Crippen LogP contribution in [0.25, 0.3) is 0 Å². The molecule has 0 radical (unpaired) electrons. The van der Waals surface area contributed by atoms with E-state index in [1.165, 1.54) is 17.9 Å². The van der Waals surface area contributed by atoms with Gasteiger partial charge < -0.3 is 10.6 Å². The van der Waals surface area contributed by atoms with E-state index in [1.807, 2.05) is 0 Å². The summed E-state index contributed by atoms with van der Waals surface area (Å²) >= 11 is 0. The number of hydrogen-bond donors (Lipinski definition) is 1. The Hall–Kier alpha value is -1.49. The van der Waals surface area contributed by atoms with Gasteiger partial charge in [0.25, 0.3) is 0 Å². The van der Waals surface area contributed by atoms with Gasteiger partial charge in [0.1, 0.15) is 11.6 Å². The Labute approximate surface area is 92.8 Å². The number of amides is 1. The van der Waals surface area contributed by atoms with Gasteiger partial charge in [-0.05, 0) is 25.1 Å². The summed E-state index contributed by atoms with van der Waals surface area (Å²) in [6.07, 6.45) is 0.566. The first-order chi connectivity index (χ1) is 7.56. The maximum atomic E-state index is 13.4. The molecule has 0 aromatic heterocycles. The zero-order valence-corrected chi connectivity index (χ0v) is 9.04. The number of carbonyl (C=O) groups is 1. The van der Waals surface area contributed by atoms with Crippen molar-refractivity contribution in [3.8, 4) is 0 Å². The first kappa shape index (κ1) is 12.6. The lowest BCUT2D eigenvalue weighted by Crippen LogP contribution is -2.31. The fourth-order valence-corrected chi connectivity index (χ4v) is 1.40. The maximum Gasteiger partial charge on any atom is 0.223 e. The van der Waals surface area contributed by atoms with Crippen LogP contribution in [0.3, 0.4) is 0 Å². The highest BCUT2D eigenvalue weighted by Crippen LogP contribution is 2.20. The average Bonchev–Trinajstić information content (AvgIpc) is 2.20. The maximum absolute atomic E-state index is 13.4. The Kier molecular flexibility index (Phi) is 4.37. The van der Waals surface area contributed by atoms with Gasteiger partial charge >= 0.3 is 0 Å². The van der Waals surface area contributed by atoms with E-state index in [1.54, 1.807) is 0 Å². The van der Waals surface area contributed by atoms with Crippen LogP contribution in [0.5, 0.6) is 0 Å². The quantitative estimate of drug-likeness (QED) is 0.852. The van der Waals surface area contributed by atoms with E-state index in [0.29, 0.717) is 19.5 Å². The van der Waals surface area contributed by atoms with Crippen molar-refractivity contribution >= 4 is 11.6 Å². The summed E-state index contributed by atoms with van der Waals surface area (Å²) < 4.78 is 26.1. The molecule has 1 amide bonds. The third-order valence-electron chi connectivity index (χ3n) is 2.17. The van der Waals surface area contributed by atoms with Gasteiger partial charge in [-0.25, -0.2) is 8.78 Å². The molecule has 0 aliphatic carbocycles. The van der Waals surface area contributed by atoms with Gasteiger partial charge in [-0.15, -0.1) is 0 Å². The molecule has 0 atom stereocenters. The van der Waals surface area contributed by atoms with Gasteiger partial charge in [0.05, 0.1) is 5.69 Å². The van der Waals surface area contributed by atoms with Crippen LogP contribution in [0.2, 0.25) is 0 Å². The number of carbonyl (C=O) groups excluding carboxylic acids is 1. The van der Waals surface area contributed by atoms with Crippen LogP contribution in [0.1, 0.15) is 13.3 Å². The van der Waals surface area contributed by atoms with Crippen LogP contribution in [-0.4, -0.2) is 19.0 Å². The molecule has 0 saturated heterocycles. The second kappa shape index (κ2) is 5.55. The van der Waals surface area contributed by atoms with Crippen molar-refractivity contribution in [2.75, 3.05) is 18.0 Å². The van der Waals surface area contributed by atoms with Crippen molar-refractivity contribution in [3.63, 3.8) is 0 Å². The monoisotopic (exact) mass is 228 g/mol. The van der Waals surface area contributed by atoms with Gasteiger partial charge in [0.15, 0.2) is 0 Å². The second-order valence-electron chi connectivity index (χ2n) is 3.41. The standard InChI is InChI=1S/C11H14F2N2O/c1-8(16)15(6-2-5-14)11-4-3-9(12)7-10(11)13/h3-4,7H,2,5-6,14H2,1H3. The van der Waals surface area contributed by atoms with Crippen molar-refractivity contribution in [1.82, 2.24) is 0 Å². The minimum absolute atomic E-state index is 0.0855. The summed E-state index contributed by atoms with van der Waals surface area (Å²) in [5.74, 6) is -1.70. The van der Waals surface area contributed by atoms with Crippen LogP contribution in [0.4, 0.5) is 14.5 Å². The van der Waals surface area contributed by atoms with Crippen LogP contribution in [-0.2, 0) is 4.79 Å². The Morgan fingerprint density at radius 1 is 1.44 bits per heavy atom. The minimum atomic E-state index is -0.743. The van der Waals surface area contributed by atoms with Gasteiger partial charge in [0, 0.05) is 19.5 Å². The predicted molar refractivity (Wildman–Crippen MR) is 58.1 cm³/mol. The number of nitrogens with two attached hydrogens (primary N) is 1. The SMILES string of the molecule is CC(=O)N(CCCN)c1ccc(F)cc1F. The summed E-state index contributed by atoms with van der Waals surface area (Å²) in [6.45, 7) is 2.07. The molecular formula is C11H14F2N2O. The molecule has 0 aliphatic heterocycles. The largest absolute Gasteiger partial charge is 0.330 e. The molecule has 0 spiro atoms. The normalized spacial score (nSPS) is 10.2. The van der Waals surface area contributed by atoms with Crippen LogP contribution >= 0.6 is 0 Å². The molecule has 1 rings (SSSR count). The molecule has 0 fully saturated rings. The highest BCUT2D eigenvalue weighted by molar-refractivity contribution is 5.91. The van der Waals surface area contributed by atoms with E-state index in [9.17, 15) is 13.6 Å². The van der Waals surface area contributed by atoms with Gasteiger partial charge in [0.2, 0.25) is 5.91 Å². The Balaban J connectivity index is 2.96. The number of rotatable bonds is 4. The summed E-state index contributed by atoms with van der Waals surface area (Å²) in [5, 5.41) is 0. The molecule has 0 bridgehead atoms. The van der Waals surface area contributed by atoms with Crippen molar-refractivity contribution in [2.45, 2.75) is 13.3 Å². The topological polar surface area (TPSA) is 46.3 Å². The summed E-state index contributed by atoms with van der Waals surface area (Å²) in [4.78, 5) is 12.6. The molecular weight excluding hydrogens is 214 g/mol. The number of anilines is 1. The fraction of sp³-hybridized carbons (Fsp3) is 0.364. The third-order valence-corrected chi connectivity index (χ3v) is 2.17. The van der Waals surface area contributed by atoms with E-state index >= 15 is 0 Å². The van der Waals surface area contributed by atoms with Crippen LogP contribution < -0.4 is 10.6 Å². The molecule has 1 aromatic carbocycles. The smallest absolute Gasteiger partial charge is 0.223 e. The molecule has 0 unspecified atom stereocenters. The zero-order chi connectivity index (χ0) is 12.1. The summed E-state index contributed by atoms with van der Waals surface area (Å²) in [5.41, 5.74) is 5.41. The first-order valence-corrected chi connectivity index (χ1v) is 4.99. The number of hydrogen-bond acceptors (Lipinski definition) is 2. The number of benzene rings is 1. The molecule has 0 aliphatic rings. The van der Waals surface area contributed by atoms with Crippen molar-refractivity contribution in [1.29, 1.82) is 0 Å². The van der Waals surface area contributed by atoms with E-state index < -0.39 is 11.6 Å². The Morgan fingerprint density at radius 3 is 2.62 bits per heavy atom. The molecule has 0 saturated carbocycles. The molecule has 0 heterocycles. The van der Waals surface area contributed by atoms with Crippen molar-refractivity contribution in [3.05, 3.63) is 29.8 Å². The first-order valence-electron chi connectivity index (χ1n) is 4.99. The van der Waals surface area contributed by atoms with Crippen molar-refractivity contribution < 1.29 is 13.6 Å². The summed E-state index contributed by atoms with van der Waals surface area (Å²) in [6, 6.07) is 3.13. The van der Waals surface area contributed by atoms with Crippen molar-refractivity contribution in [2.24, 2.45) is 5.73 Å². The second-order valence-corrected chi connectivity index (χ2v) is 3.41. The molecule has 16 heavy (non-hydrogen) atoms. The molecule has 88 valence electrons. The third kappa shape index (κ3) is 3.00. The zero-order valence-electron chi connectivity index (χ0n) is 9.04. The number of halogens is 2. The van der Waals surface area contributed by atoms with Gasteiger partial charge in [-0.2, -0.15) is 0 Å². The van der Waals surface area contributed by atoms with Crippen LogP contribution in [0.15, 0.2) is 18.2 Å². The molecule has 1 aromatic rings. The highest BCUT2D eigenvalue weighted by atomic mass is 19.1. The van der Waals surface area contributed by atoms with E-state index in [0.717, 1.165) is 12.1 Å². The Morgan fingerprint density at radius 2 is 2.12 bits per heavy atom. The molecule has 2 N–H and O–H groups in total. The van der Waals surface area contributed by atoms with Gasteiger partial charge in [-0.3, -0.25) is 4.79 Å². The average molecular weight is 228 g/mol.